The van der Waals surface area contributed by atoms with Gasteiger partial charge in [0.1, 0.15) is 11.9 Å². The Morgan fingerprint density at radius 2 is 1.66 bits per heavy atom. The van der Waals surface area contributed by atoms with E-state index < -0.39 is 35.6 Å². The lowest BCUT2D eigenvalue weighted by Crippen LogP contribution is -2.53. The van der Waals surface area contributed by atoms with Crippen LogP contribution in [0.4, 0.5) is 15.2 Å². The van der Waals surface area contributed by atoms with Gasteiger partial charge >= 0.3 is 0 Å². The number of piperidine rings is 2. The molecule has 8 heterocycles. The van der Waals surface area contributed by atoms with Crippen LogP contribution >= 0.6 is 11.3 Å². The van der Waals surface area contributed by atoms with Crippen LogP contribution in [0.25, 0.3) is 11.1 Å². The third-order valence-electron chi connectivity index (χ3n) is 14.2. The topological polar surface area (TPSA) is 156 Å². The van der Waals surface area contributed by atoms with E-state index in [1.165, 1.54) is 22.3 Å². The van der Waals surface area contributed by atoms with Crippen molar-refractivity contribution < 1.29 is 28.4 Å². The SMILES string of the molecule is O=C1CCC(N2Cc3cc(CN4CCC(N5CCN(c6ccc(-c7cc(F)c8c(c7)C(=O)N(C(C(=O)Nc7nccs7)c7ncn9c7CCC9)C8)cc6)CC5)CC4)ccc3C2=O)C(=O)N1. The number of hydrogen-bond acceptors (Lipinski definition) is 11. The summed E-state index contributed by atoms with van der Waals surface area (Å²) in [5, 5.41) is 7.42. The zero-order chi connectivity index (χ0) is 44.3. The van der Waals surface area contributed by atoms with E-state index in [0.29, 0.717) is 41.0 Å². The van der Waals surface area contributed by atoms with Gasteiger partial charge in [0.25, 0.3) is 17.7 Å². The number of imidazole rings is 1. The quantitative estimate of drug-likeness (QED) is 0.184. The summed E-state index contributed by atoms with van der Waals surface area (Å²) in [5.41, 5.74) is 7.23. The first-order valence-corrected chi connectivity index (χ1v) is 23.5. The summed E-state index contributed by atoms with van der Waals surface area (Å²) >= 11 is 1.29. The van der Waals surface area contributed by atoms with Crippen molar-refractivity contribution in [3.05, 3.63) is 118 Å². The molecular weight excluding hydrogens is 848 g/mol. The van der Waals surface area contributed by atoms with Crippen LogP contribution in [0.3, 0.4) is 0 Å². The highest BCUT2D eigenvalue weighted by molar-refractivity contribution is 7.13. The first kappa shape index (κ1) is 41.4. The average molecular weight is 897 g/mol. The maximum atomic E-state index is 16.0. The van der Waals surface area contributed by atoms with Crippen molar-refractivity contribution in [1.82, 2.24) is 39.5 Å². The van der Waals surface area contributed by atoms with E-state index in [1.54, 1.807) is 28.9 Å². The number of nitrogens with one attached hydrogen (secondary N) is 2. The molecule has 3 fully saturated rings. The number of rotatable bonds is 10. The van der Waals surface area contributed by atoms with Gasteiger partial charge in [0.15, 0.2) is 11.2 Å². The number of nitrogens with zero attached hydrogens (tertiary/aromatic N) is 8. The van der Waals surface area contributed by atoms with E-state index in [-0.39, 0.29) is 35.9 Å². The summed E-state index contributed by atoms with van der Waals surface area (Å²) in [6.45, 7) is 7.68. The lowest BCUT2D eigenvalue weighted by Gasteiger charge is -2.43. The zero-order valence-corrected chi connectivity index (χ0v) is 36.7. The van der Waals surface area contributed by atoms with Crippen LogP contribution < -0.4 is 15.5 Å². The number of benzene rings is 3. The fourth-order valence-electron chi connectivity index (χ4n) is 10.8. The number of fused-ring (bicyclic) bond motifs is 3. The Labute approximate surface area is 379 Å². The second-order valence-electron chi connectivity index (χ2n) is 18.0. The van der Waals surface area contributed by atoms with Crippen LogP contribution in [-0.4, -0.2) is 115 Å². The highest BCUT2D eigenvalue weighted by atomic mass is 32.1. The molecule has 11 rings (SSSR count). The van der Waals surface area contributed by atoms with Crippen LogP contribution in [0.15, 0.2) is 72.5 Å². The van der Waals surface area contributed by atoms with Crippen molar-refractivity contribution >= 4 is 51.7 Å². The van der Waals surface area contributed by atoms with Gasteiger partial charge in [0, 0.05) is 97.9 Å². The third-order valence-corrected chi connectivity index (χ3v) is 14.9. The first-order valence-electron chi connectivity index (χ1n) is 22.6. The largest absolute Gasteiger partial charge is 0.369 e. The van der Waals surface area contributed by atoms with Crippen LogP contribution in [0.5, 0.6) is 0 Å². The maximum absolute atomic E-state index is 16.0. The molecule has 334 valence electrons. The highest BCUT2D eigenvalue weighted by Crippen LogP contribution is 2.38. The van der Waals surface area contributed by atoms with Crippen molar-refractivity contribution in [3.63, 3.8) is 0 Å². The molecule has 0 radical (unpaired) electrons. The normalized spacial score (nSPS) is 20.9. The number of carbonyl (C=O) groups is 5. The number of anilines is 2. The summed E-state index contributed by atoms with van der Waals surface area (Å²) in [6, 6.07) is 16.2. The minimum Gasteiger partial charge on any atom is -0.369 e. The van der Waals surface area contributed by atoms with Gasteiger partial charge in [-0.05, 0) is 97.8 Å². The van der Waals surface area contributed by atoms with Crippen LogP contribution in [0.1, 0.15) is 86.9 Å². The molecule has 2 N–H and O–H groups in total. The summed E-state index contributed by atoms with van der Waals surface area (Å²) < 4.78 is 18.0. The predicted molar refractivity (Wildman–Crippen MR) is 240 cm³/mol. The molecule has 17 heteroatoms. The van der Waals surface area contributed by atoms with Gasteiger partial charge in [0.2, 0.25) is 11.8 Å². The van der Waals surface area contributed by atoms with E-state index in [2.05, 4.69) is 53.5 Å². The van der Waals surface area contributed by atoms with Gasteiger partial charge in [-0.1, -0.05) is 24.3 Å². The van der Waals surface area contributed by atoms with Gasteiger partial charge in [-0.2, -0.15) is 0 Å². The number of aromatic nitrogens is 3. The van der Waals surface area contributed by atoms with Crippen molar-refractivity contribution in [2.75, 3.05) is 49.5 Å². The lowest BCUT2D eigenvalue weighted by atomic mass is 9.99. The number of hydrogen-bond donors (Lipinski definition) is 2. The van der Waals surface area contributed by atoms with Crippen molar-refractivity contribution in [1.29, 1.82) is 0 Å². The molecule has 15 nitrogen and oxygen atoms in total. The van der Waals surface area contributed by atoms with Crippen molar-refractivity contribution in [3.8, 4) is 11.1 Å². The smallest absolute Gasteiger partial charge is 0.255 e. The van der Waals surface area contributed by atoms with Crippen LogP contribution in [0, 0.1) is 5.82 Å². The van der Waals surface area contributed by atoms with E-state index in [0.717, 1.165) is 106 Å². The molecule has 0 aliphatic carbocycles. The first-order chi connectivity index (χ1) is 31.6. The number of thiazole rings is 1. The summed E-state index contributed by atoms with van der Waals surface area (Å²) in [7, 11) is 0. The molecule has 2 atom stereocenters. The minimum absolute atomic E-state index is 0.0398. The second kappa shape index (κ2) is 16.9. The molecule has 6 aliphatic heterocycles. The molecule has 5 aromatic rings. The Hall–Kier alpha value is -6.30. The number of likely N-dealkylation sites (tertiary alicyclic amines) is 1. The number of carbonyl (C=O) groups excluding carboxylic acids is 5. The molecule has 5 amide bonds. The van der Waals surface area contributed by atoms with Gasteiger partial charge in [-0.15, -0.1) is 11.3 Å². The van der Waals surface area contributed by atoms with Crippen LogP contribution in [0.2, 0.25) is 0 Å². The molecule has 6 aliphatic rings. The highest BCUT2D eigenvalue weighted by Gasteiger charge is 2.43. The fourth-order valence-corrected chi connectivity index (χ4v) is 11.3. The molecule has 3 aromatic carbocycles. The predicted octanol–water partition coefficient (Wildman–Crippen LogP) is 4.98. The third kappa shape index (κ3) is 7.78. The molecule has 0 saturated carbocycles. The Morgan fingerprint density at radius 1 is 0.846 bits per heavy atom. The Morgan fingerprint density at radius 3 is 2.43 bits per heavy atom. The summed E-state index contributed by atoms with van der Waals surface area (Å²) in [5.74, 6) is -2.13. The number of halogens is 1. The molecule has 0 spiro atoms. The molecular formula is C48H49FN10O5S. The van der Waals surface area contributed by atoms with E-state index in [4.69, 9.17) is 0 Å². The second-order valence-corrected chi connectivity index (χ2v) is 18.9. The number of amides is 5. The minimum atomic E-state index is -1.04. The fraction of sp³-hybridized carbons (Fsp3) is 0.396. The maximum Gasteiger partial charge on any atom is 0.255 e. The number of piperazine rings is 1. The average Bonchev–Trinajstić information content (AvgIpc) is 4.17. The summed E-state index contributed by atoms with van der Waals surface area (Å²) in [6.07, 6.45) is 7.77. The molecule has 65 heavy (non-hydrogen) atoms. The Bertz CT molecular complexity index is 2710. The zero-order valence-electron chi connectivity index (χ0n) is 35.9. The van der Waals surface area contributed by atoms with Gasteiger partial charge in [0.05, 0.1) is 18.6 Å². The standard InChI is InChI=1S/C48H49FN10O5S/c49-38-24-31(23-36-37(38)27-59(47(36)64)43(45(62)53-48-50-13-21-65-48)42-39-2-1-14-57(39)28-51-42)30-4-6-33(7-5-30)55-17-19-56(20-18-55)34-11-15-54(16-12-34)25-29-3-8-35-32(22-29)26-58(46(35)63)40-9-10-41(60)52-44(40)61/h3-8,13,21-24,28,34,40,43H,1-2,9-12,14-20,25-27H2,(H,50,53,62)(H,52,60,61). The van der Waals surface area contributed by atoms with Gasteiger partial charge < -0.3 is 19.3 Å². The number of imide groups is 1. The van der Waals surface area contributed by atoms with Crippen molar-refractivity contribution in [2.45, 2.75) is 82.8 Å². The Kier molecular flexibility index (Phi) is 10.8. The molecule has 2 aromatic heterocycles. The van der Waals surface area contributed by atoms with E-state index in [9.17, 15) is 24.0 Å². The summed E-state index contributed by atoms with van der Waals surface area (Å²) in [4.78, 5) is 84.7. The van der Waals surface area contributed by atoms with Crippen LogP contribution in [-0.2, 0) is 47.0 Å². The van der Waals surface area contributed by atoms with Gasteiger partial charge in [-0.25, -0.2) is 14.4 Å². The van der Waals surface area contributed by atoms with E-state index in [1.807, 2.05) is 28.8 Å². The van der Waals surface area contributed by atoms with E-state index >= 15 is 4.39 Å². The molecule has 0 bridgehead atoms. The van der Waals surface area contributed by atoms with Gasteiger partial charge in [-0.3, -0.25) is 44.4 Å². The lowest BCUT2D eigenvalue weighted by molar-refractivity contribution is -0.137. The van der Waals surface area contributed by atoms with Crippen molar-refractivity contribution in [2.24, 2.45) is 0 Å². The number of aryl methyl sites for hydroxylation is 1. The monoisotopic (exact) mass is 896 g/mol. The molecule has 3 saturated heterocycles. The molecule has 2 unspecified atom stereocenters. The Balaban J connectivity index is 0.690.